The van der Waals surface area contributed by atoms with Crippen molar-refractivity contribution in [1.82, 2.24) is 5.32 Å². The number of hydrogen-bond acceptors (Lipinski definition) is 4. The average molecular weight is 347 g/mol. The van der Waals surface area contributed by atoms with Crippen LogP contribution in [0.4, 0.5) is 5.69 Å². The molecule has 0 aromatic heterocycles. The smallest absolute Gasteiger partial charge is 0.238 e. The van der Waals surface area contributed by atoms with Crippen molar-refractivity contribution in [2.24, 2.45) is 0 Å². The maximum Gasteiger partial charge on any atom is 0.238 e. The van der Waals surface area contributed by atoms with Crippen LogP contribution in [0.15, 0.2) is 24.3 Å². The maximum absolute atomic E-state index is 11.7. The van der Waals surface area contributed by atoms with Gasteiger partial charge in [-0.3, -0.25) is 9.59 Å². The molecule has 0 fully saturated rings. The van der Waals surface area contributed by atoms with Gasteiger partial charge in [0.05, 0.1) is 0 Å². The lowest BCUT2D eigenvalue weighted by molar-refractivity contribution is -0.121. The molecule has 6 nitrogen and oxygen atoms in total. The van der Waals surface area contributed by atoms with Crippen molar-refractivity contribution in [3.8, 4) is 0 Å². The molecule has 2 amide bonds. The Morgan fingerprint density at radius 3 is 2.36 bits per heavy atom. The molecule has 1 rings (SSSR count). The lowest BCUT2D eigenvalue weighted by Gasteiger charge is -2.10. The van der Waals surface area contributed by atoms with E-state index in [0.29, 0.717) is 17.1 Å². The number of amides is 2. The van der Waals surface area contributed by atoms with Crippen molar-refractivity contribution in [2.45, 2.75) is 25.0 Å². The number of hydrogen-bond donors (Lipinski definition) is 2. The van der Waals surface area contributed by atoms with Crippen molar-refractivity contribution in [3.63, 3.8) is 0 Å². The molecule has 8 heteroatoms. The quantitative estimate of drug-likeness (QED) is 0.733. The highest BCUT2D eigenvalue weighted by Crippen LogP contribution is 2.13. The molecule has 0 unspecified atom stereocenters. The van der Waals surface area contributed by atoms with Crippen LogP contribution in [0.25, 0.3) is 0 Å². The summed E-state index contributed by atoms with van der Waals surface area (Å²) >= 11 is 5.74. The van der Waals surface area contributed by atoms with Crippen LogP contribution in [0.5, 0.6) is 0 Å². The van der Waals surface area contributed by atoms with Gasteiger partial charge in [-0.25, -0.2) is 8.42 Å². The zero-order chi connectivity index (χ0) is 16.8. The summed E-state index contributed by atoms with van der Waals surface area (Å²) < 4.78 is 22.4. The molecule has 22 heavy (non-hydrogen) atoms. The Morgan fingerprint density at radius 2 is 1.82 bits per heavy atom. The molecule has 0 aliphatic carbocycles. The van der Waals surface area contributed by atoms with Gasteiger partial charge in [-0.05, 0) is 37.6 Å². The standard InChI is InChI=1S/C14H19ClN2O4S/c1-10(22(2,20)21)14(19)16-9-3-4-13(18)17-12-7-5-11(15)6-8-12/h5-8,10H,3-4,9H2,1-2H3,(H,16,19)(H,17,18)/t10-/m1/s1. The minimum absolute atomic E-state index is 0.187. The van der Waals surface area contributed by atoms with Gasteiger partial charge in [-0.1, -0.05) is 11.6 Å². The topological polar surface area (TPSA) is 92.3 Å². The number of carbonyl (C=O) groups is 2. The van der Waals surface area contributed by atoms with Crippen LogP contribution in [0.2, 0.25) is 5.02 Å². The Kier molecular flexibility index (Phi) is 6.83. The molecule has 1 atom stereocenters. The number of sulfone groups is 1. The zero-order valence-corrected chi connectivity index (χ0v) is 14.0. The molecule has 2 N–H and O–H groups in total. The Labute approximate surface area is 135 Å². The fraction of sp³-hybridized carbons (Fsp3) is 0.429. The van der Waals surface area contributed by atoms with Crippen molar-refractivity contribution < 1.29 is 18.0 Å². The van der Waals surface area contributed by atoms with Gasteiger partial charge >= 0.3 is 0 Å². The monoisotopic (exact) mass is 346 g/mol. The number of rotatable bonds is 7. The molecule has 1 aromatic carbocycles. The summed E-state index contributed by atoms with van der Waals surface area (Å²) in [5.74, 6) is -0.742. The summed E-state index contributed by atoms with van der Waals surface area (Å²) in [6.45, 7) is 1.57. The van der Waals surface area contributed by atoms with Gasteiger partial charge in [0, 0.05) is 29.9 Å². The van der Waals surface area contributed by atoms with E-state index >= 15 is 0 Å². The summed E-state index contributed by atoms with van der Waals surface area (Å²) in [5.41, 5.74) is 0.643. The molecule has 0 saturated heterocycles. The fourth-order valence-electron chi connectivity index (χ4n) is 1.56. The highest BCUT2D eigenvalue weighted by atomic mass is 35.5. The Bertz CT molecular complexity index is 629. The predicted molar refractivity (Wildman–Crippen MR) is 86.6 cm³/mol. The van der Waals surface area contributed by atoms with E-state index < -0.39 is 21.0 Å². The second-order valence-corrected chi connectivity index (χ2v) is 7.72. The molecule has 0 saturated carbocycles. The summed E-state index contributed by atoms with van der Waals surface area (Å²) in [6.07, 6.45) is 1.65. The van der Waals surface area contributed by atoms with Crippen LogP contribution in [-0.4, -0.2) is 38.3 Å². The maximum atomic E-state index is 11.7. The average Bonchev–Trinajstić information content (AvgIpc) is 2.44. The minimum atomic E-state index is -3.40. The molecule has 0 spiro atoms. The molecular formula is C14H19ClN2O4S. The van der Waals surface area contributed by atoms with Gasteiger partial charge in [0.2, 0.25) is 11.8 Å². The highest BCUT2D eigenvalue weighted by Gasteiger charge is 2.22. The van der Waals surface area contributed by atoms with E-state index in [4.69, 9.17) is 11.6 Å². The summed E-state index contributed by atoms with van der Waals surface area (Å²) in [6, 6.07) is 6.72. The van der Waals surface area contributed by atoms with E-state index in [1.165, 1.54) is 6.92 Å². The van der Waals surface area contributed by atoms with E-state index in [1.54, 1.807) is 24.3 Å². The molecule has 0 bridgehead atoms. The van der Waals surface area contributed by atoms with Gasteiger partial charge in [-0.15, -0.1) is 0 Å². The fourth-order valence-corrected chi connectivity index (χ4v) is 2.15. The molecule has 1 aromatic rings. The van der Waals surface area contributed by atoms with Crippen LogP contribution in [-0.2, 0) is 19.4 Å². The second kappa shape index (κ2) is 8.14. The van der Waals surface area contributed by atoms with E-state index in [0.717, 1.165) is 6.26 Å². The first-order valence-electron chi connectivity index (χ1n) is 6.72. The van der Waals surface area contributed by atoms with Crippen LogP contribution in [0, 0.1) is 0 Å². The third-order valence-electron chi connectivity index (χ3n) is 3.02. The molecule has 0 aliphatic heterocycles. The molecule has 122 valence electrons. The highest BCUT2D eigenvalue weighted by molar-refractivity contribution is 7.92. The van der Waals surface area contributed by atoms with Crippen LogP contribution < -0.4 is 10.6 Å². The number of carbonyl (C=O) groups excluding carboxylic acids is 2. The minimum Gasteiger partial charge on any atom is -0.355 e. The third kappa shape index (κ3) is 6.44. The number of anilines is 1. The van der Waals surface area contributed by atoms with E-state index in [2.05, 4.69) is 10.6 Å². The summed E-state index contributed by atoms with van der Waals surface area (Å²) in [4.78, 5) is 23.2. The van der Waals surface area contributed by atoms with Gasteiger partial charge < -0.3 is 10.6 Å². The summed E-state index contributed by atoms with van der Waals surface area (Å²) in [5, 5.41) is 4.69. The molecule has 0 aliphatic rings. The first-order valence-corrected chi connectivity index (χ1v) is 9.05. The van der Waals surface area contributed by atoms with Crippen molar-refractivity contribution in [1.29, 1.82) is 0 Å². The predicted octanol–water partition coefficient (Wildman–Crippen LogP) is 1.61. The lowest BCUT2D eigenvalue weighted by atomic mass is 10.2. The van der Waals surface area contributed by atoms with Gasteiger partial charge in [0.25, 0.3) is 0 Å². The largest absolute Gasteiger partial charge is 0.355 e. The Morgan fingerprint density at radius 1 is 1.23 bits per heavy atom. The van der Waals surface area contributed by atoms with E-state index in [1.807, 2.05) is 0 Å². The van der Waals surface area contributed by atoms with Gasteiger partial charge in [-0.2, -0.15) is 0 Å². The first kappa shape index (κ1) is 18.4. The zero-order valence-electron chi connectivity index (χ0n) is 12.4. The van der Waals surface area contributed by atoms with Crippen LogP contribution in [0.3, 0.4) is 0 Å². The molecule has 0 heterocycles. The van der Waals surface area contributed by atoms with Gasteiger partial charge in [0.1, 0.15) is 5.25 Å². The normalized spacial score (nSPS) is 12.5. The van der Waals surface area contributed by atoms with Gasteiger partial charge in [0.15, 0.2) is 9.84 Å². The van der Waals surface area contributed by atoms with Crippen molar-refractivity contribution in [3.05, 3.63) is 29.3 Å². The second-order valence-electron chi connectivity index (χ2n) is 4.92. The first-order chi connectivity index (χ1) is 10.2. The van der Waals surface area contributed by atoms with E-state index in [-0.39, 0.29) is 18.9 Å². The molecular weight excluding hydrogens is 328 g/mol. The van der Waals surface area contributed by atoms with Crippen molar-refractivity contribution in [2.75, 3.05) is 18.1 Å². The van der Waals surface area contributed by atoms with Crippen LogP contribution in [0.1, 0.15) is 19.8 Å². The van der Waals surface area contributed by atoms with E-state index in [9.17, 15) is 18.0 Å². The number of halogens is 1. The summed E-state index contributed by atoms with van der Waals surface area (Å²) in [7, 11) is -3.40. The SMILES string of the molecule is C[C@H](C(=O)NCCCC(=O)Nc1ccc(Cl)cc1)S(C)(=O)=O. The molecule has 0 radical (unpaired) electrons. The van der Waals surface area contributed by atoms with Crippen LogP contribution >= 0.6 is 11.6 Å². The number of nitrogens with one attached hydrogen (secondary N) is 2. The third-order valence-corrected chi connectivity index (χ3v) is 4.77. The Balaban J connectivity index is 2.28. The van der Waals surface area contributed by atoms with Crippen molar-refractivity contribution >= 4 is 38.9 Å². The Hall–Kier alpha value is -1.60. The number of benzene rings is 1. The lowest BCUT2D eigenvalue weighted by Crippen LogP contribution is -2.38.